The van der Waals surface area contributed by atoms with Crippen LogP contribution in [-0.4, -0.2) is 19.7 Å². The number of nitrogens with zero attached hydrogens (tertiary/aromatic N) is 1. The molecule has 0 bridgehead atoms. The van der Waals surface area contributed by atoms with Crippen molar-refractivity contribution in [1.29, 1.82) is 5.26 Å². The van der Waals surface area contributed by atoms with Gasteiger partial charge in [-0.2, -0.15) is 5.26 Å². The molecule has 118 valence electrons. The number of hydrogen-bond acceptors (Lipinski definition) is 4. The van der Waals surface area contributed by atoms with Crippen molar-refractivity contribution in [2.45, 2.75) is 18.8 Å². The van der Waals surface area contributed by atoms with E-state index >= 15 is 0 Å². The van der Waals surface area contributed by atoms with Crippen LogP contribution in [-0.2, 0) is 21.4 Å². The van der Waals surface area contributed by atoms with Crippen LogP contribution in [0.5, 0.6) is 5.75 Å². The second-order valence-electron chi connectivity index (χ2n) is 5.13. The summed E-state index contributed by atoms with van der Waals surface area (Å²) in [5.41, 5.74) is 0.0675. The van der Waals surface area contributed by atoms with E-state index < -0.39 is 11.4 Å². The van der Waals surface area contributed by atoms with Crippen LogP contribution in [0.3, 0.4) is 0 Å². The van der Waals surface area contributed by atoms with Gasteiger partial charge in [-0.25, -0.2) is 4.79 Å². The molecule has 2 aromatic carbocycles. The molecule has 0 saturated heterocycles. The Morgan fingerprint density at radius 1 is 1.17 bits per heavy atom. The first-order valence-electron chi connectivity index (χ1n) is 7.43. The van der Waals surface area contributed by atoms with E-state index in [4.69, 9.17) is 9.47 Å². The maximum absolute atomic E-state index is 12.6. The average molecular weight is 309 g/mol. The van der Waals surface area contributed by atoms with Gasteiger partial charge in [0.2, 0.25) is 0 Å². The highest BCUT2D eigenvalue weighted by Gasteiger charge is 2.42. The number of rotatable bonds is 6. The summed E-state index contributed by atoms with van der Waals surface area (Å²) in [5, 5.41) is 9.86. The predicted molar refractivity (Wildman–Crippen MR) is 87.1 cm³/mol. The van der Waals surface area contributed by atoms with Crippen LogP contribution >= 0.6 is 0 Å². The summed E-state index contributed by atoms with van der Waals surface area (Å²) in [6, 6.07) is 18.6. The second kappa shape index (κ2) is 7.46. The topological polar surface area (TPSA) is 59.3 Å². The van der Waals surface area contributed by atoms with E-state index in [1.165, 1.54) is 0 Å². The second-order valence-corrected chi connectivity index (χ2v) is 5.13. The average Bonchev–Trinajstić information content (AvgIpc) is 2.61. The number of benzene rings is 2. The molecule has 2 aromatic rings. The van der Waals surface area contributed by atoms with Gasteiger partial charge in [0, 0.05) is 6.42 Å². The Morgan fingerprint density at radius 2 is 1.91 bits per heavy atom. The molecular formula is C19H19NO3. The van der Waals surface area contributed by atoms with Crippen LogP contribution in [0, 0.1) is 11.3 Å². The van der Waals surface area contributed by atoms with Gasteiger partial charge in [0.25, 0.3) is 0 Å². The van der Waals surface area contributed by atoms with Gasteiger partial charge in [0.15, 0.2) is 5.41 Å². The molecule has 1 atom stereocenters. The van der Waals surface area contributed by atoms with E-state index in [-0.39, 0.29) is 13.0 Å². The van der Waals surface area contributed by atoms with Crippen LogP contribution in [0.25, 0.3) is 0 Å². The summed E-state index contributed by atoms with van der Waals surface area (Å²) in [6.07, 6.45) is 0.246. The fraction of sp³-hybridized carbons (Fsp3) is 0.263. The SMILES string of the molecule is CCOC(=O)[C@@](C#N)(Cc1ccccc1)c1cccc(OC)c1. The molecule has 2 rings (SSSR count). The van der Waals surface area contributed by atoms with Crippen LogP contribution < -0.4 is 4.74 Å². The van der Waals surface area contributed by atoms with Crippen LogP contribution in [0.1, 0.15) is 18.1 Å². The highest BCUT2D eigenvalue weighted by Crippen LogP contribution is 2.32. The highest BCUT2D eigenvalue weighted by atomic mass is 16.5. The lowest BCUT2D eigenvalue weighted by Crippen LogP contribution is -2.38. The number of hydrogen-bond donors (Lipinski definition) is 0. The van der Waals surface area contributed by atoms with E-state index in [0.717, 1.165) is 5.56 Å². The first-order valence-corrected chi connectivity index (χ1v) is 7.43. The molecule has 0 N–H and O–H groups in total. The molecule has 23 heavy (non-hydrogen) atoms. The van der Waals surface area contributed by atoms with Crippen molar-refractivity contribution in [1.82, 2.24) is 0 Å². The third-order valence-corrected chi connectivity index (χ3v) is 3.69. The lowest BCUT2D eigenvalue weighted by atomic mass is 9.76. The zero-order valence-electron chi connectivity index (χ0n) is 13.3. The Kier molecular flexibility index (Phi) is 5.37. The Hall–Kier alpha value is -2.80. The van der Waals surface area contributed by atoms with Crippen molar-refractivity contribution in [2.75, 3.05) is 13.7 Å². The molecule has 0 saturated carbocycles. The molecule has 0 fully saturated rings. The maximum Gasteiger partial charge on any atom is 0.331 e. The van der Waals surface area contributed by atoms with E-state index in [2.05, 4.69) is 6.07 Å². The van der Waals surface area contributed by atoms with Crippen molar-refractivity contribution >= 4 is 5.97 Å². The number of ether oxygens (including phenoxy) is 2. The maximum atomic E-state index is 12.6. The van der Waals surface area contributed by atoms with E-state index in [1.54, 1.807) is 38.3 Å². The fourth-order valence-corrected chi connectivity index (χ4v) is 2.49. The Bertz CT molecular complexity index is 706. The van der Waals surface area contributed by atoms with Gasteiger partial charge in [-0.05, 0) is 30.2 Å². The lowest BCUT2D eigenvalue weighted by molar-refractivity contribution is -0.147. The van der Waals surface area contributed by atoms with E-state index in [0.29, 0.717) is 11.3 Å². The number of methoxy groups -OCH3 is 1. The third-order valence-electron chi connectivity index (χ3n) is 3.69. The minimum Gasteiger partial charge on any atom is -0.497 e. The molecule has 0 heterocycles. The number of esters is 1. The molecule has 0 aromatic heterocycles. The quantitative estimate of drug-likeness (QED) is 0.768. The van der Waals surface area contributed by atoms with Gasteiger partial charge in [-0.15, -0.1) is 0 Å². The minimum absolute atomic E-state index is 0.223. The number of carbonyl (C=O) groups excluding carboxylic acids is 1. The Morgan fingerprint density at radius 3 is 2.52 bits per heavy atom. The first kappa shape index (κ1) is 16.6. The lowest BCUT2D eigenvalue weighted by Gasteiger charge is -2.25. The van der Waals surface area contributed by atoms with Gasteiger partial charge in [0.1, 0.15) is 5.75 Å². The van der Waals surface area contributed by atoms with Crippen LogP contribution in [0.15, 0.2) is 54.6 Å². The molecule has 0 aliphatic carbocycles. The molecule has 0 aliphatic rings. The van der Waals surface area contributed by atoms with Crippen molar-refractivity contribution in [2.24, 2.45) is 0 Å². The zero-order chi connectivity index (χ0) is 16.7. The standard InChI is InChI=1S/C19H19NO3/c1-3-23-18(21)19(14-20,13-15-8-5-4-6-9-15)16-10-7-11-17(12-16)22-2/h4-12H,3,13H2,1-2H3/t19-/m1/s1. The van der Waals surface area contributed by atoms with Gasteiger partial charge in [-0.3, -0.25) is 0 Å². The fourth-order valence-electron chi connectivity index (χ4n) is 2.49. The molecular weight excluding hydrogens is 290 g/mol. The van der Waals surface area contributed by atoms with Crippen molar-refractivity contribution in [3.05, 3.63) is 65.7 Å². The van der Waals surface area contributed by atoms with E-state index in [1.807, 2.05) is 30.3 Å². The summed E-state index contributed by atoms with van der Waals surface area (Å²) in [4.78, 5) is 12.6. The summed E-state index contributed by atoms with van der Waals surface area (Å²) < 4.78 is 10.4. The molecule has 0 spiro atoms. The molecule has 0 aliphatic heterocycles. The van der Waals surface area contributed by atoms with Gasteiger partial charge >= 0.3 is 5.97 Å². The monoisotopic (exact) mass is 309 g/mol. The molecule has 0 radical (unpaired) electrons. The van der Waals surface area contributed by atoms with Crippen molar-refractivity contribution < 1.29 is 14.3 Å². The predicted octanol–water partition coefficient (Wildman–Crippen LogP) is 3.26. The van der Waals surface area contributed by atoms with Crippen LogP contribution in [0.2, 0.25) is 0 Å². The molecule has 0 amide bonds. The third kappa shape index (κ3) is 3.51. The molecule has 4 nitrogen and oxygen atoms in total. The van der Waals surface area contributed by atoms with Crippen molar-refractivity contribution in [3.8, 4) is 11.8 Å². The molecule has 0 unspecified atom stereocenters. The van der Waals surface area contributed by atoms with Gasteiger partial charge in [-0.1, -0.05) is 42.5 Å². The zero-order valence-corrected chi connectivity index (χ0v) is 13.3. The number of nitriles is 1. The Labute approximate surface area is 136 Å². The number of carbonyl (C=O) groups is 1. The highest BCUT2D eigenvalue weighted by molar-refractivity contribution is 5.87. The molecule has 4 heteroatoms. The summed E-state index contributed by atoms with van der Waals surface area (Å²) >= 11 is 0. The summed E-state index contributed by atoms with van der Waals surface area (Å²) in [5.74, 6) is 0.0547. The Balaban J connectivity index is 2.53. The van der Waals surface area contributed by atoms with Crippen molar-refractivity contribution in [3.63, 3.8) is 0 Å². The smallest absolute Gasteiger partial charge is 0.331 e. The normalized spacial score (nSPS) is 12.7. The summed E-state index contributed by atoms with van der Waals surface area (Å²) in [7, 11) is 1.55. The minimum atomic E-state index is -1.40. The first-order chi connectivity index (χ1) is 11.2. The van der Waals surface area contributed by atoms with Gasteiger partial charge in [0.05, 0.1) is 19.8 Å². The summed E-state index contributed by atoms with van der Waals surface area (Å²) in [6.45, 7) is 1.95. The van der Waals surface area contributed by atoms with Gasteiger partial charge < -0.3 is 9.47 Å². The largest absolute Gasteiger partial charge is 0.497 e. The van der Waals surface area contributed by atoms with Crippen LogP contribution in [0.4, 0.5) is 0 Å². The van der Waals surface area contributed by atoms with E-state index in [9.17, 15) is 10.1 Å².